The first-order chi connectivity index (χ1) is 8.80. The molecule has 0 spiro atoms. The Morgan fingerprint density at radius 2 is 2.00 bits per heavy atom. The third-order valence-electron chi connectivity index (χ3n) is 2.47. The summed E-state index contributed by atoms with van der Waals surface area (Å²) in [5, 5.41) is 5.84. The normalized spacial score (nSPS) is 11.6. The summed E-state index contributed by atoms with van der Waals surface area (Å²) >= 11 is 0. The van der Waals surface area contributed by atoms with Crippen molar-refractivity contribution < 1.29 is 22.4 Å². The number of halogens is 4. The zero-order chi connectivity index (χ0) is 14.2. The fourth-order valence-corrected chi connectivity index (χ4v) is 1.63. The Morgan fingerprint density at radius 1 is 1.32 bits per heavy atom. The van der Waals surface area contributed by atoms with Gasteiger partial charge in [-0.1, -0.05) is 0 Å². The molecular formula is C11H7F4N3O. The van der Waals surface area contributed by atoms with E-state index in [1.54, 1.807) is 0 Å². The third-order valence-corrected chi connectivity index (χ3v) is 2.47. The number of carbonyl (C=O) groups excluding carboxylic acids is 1. The van der Waals surface area contributed by atoms with Crippen molar-refractivity contribution in [1.82, 2.24) is 10.2 Å². The standard InChI is InChI=1S/C11H7F4N3O/c12-8-4-7(11(13,14)15)5(3-6(8)10(16)19)9-1-2-17-18-9/h1-4H,(H2,16,19)(H,17,18). The van der Waals surface area contributed by atoms with Crippen LogP contribution in [0.3, 0.4) is 0 Å². The summed E-state index contributed by atoms with van der Waals surface area (Å²) < 4.78 is 51.9. The van der Waals surface area contributed by atoms with Gasteiger partial charge in [0.05, 0.1) is 16.8 Å². The maximum absolute atomic E-state index is 13.4. The molecule has 0 saturated heterocycles. The van der Waals surface area contributed by atoms with E-state index in [0.717, 1.165) is 6.07 Å². The van der Waals surface area contributed by atoms with Gasteiger partial charge in [-0.15, -0.1) is 0 Å². The van der Waals surface area contributed by atoms with E-state index in [0.29, 0.717) is 0 Å². The number of alkyl halides is 3. The zero-order valence-corrected chi connectivity index (χ0v) is 9.25. The highest BCUT2D eigenvalue weighted by Crippen LogP contribution is 2.37. The lowest BCUT2D eigenvalue weighted by Crippen LogP contribution is -2.16. The van der Waals surface area contributed by atoms with Crippen LogP contribution >= 0.6 is 0 Å². The van der Waals surface area contributed by atoms with E-state index in [1.807, 2.05) is 0 Å². The Balaban J connectivity index is 2.74. The average Bonchev–Trinajstić information content (AvgIpc) is 2.80. The van der Waals surface area contributed by atoms with E-state index >= 15 is 0 Å². The van der Waals surface area contributed by atoms with E-state index in [2.05, 4.69) is 10.2 Å². The Morgan fingerprint density at radius 3 is 2.47 bits per heavy atom. The highest BCUT2D eigenvalue weighted by molar-refractivity contribution is 5.94. The lowest BCUT2D eigenvalue weighted by Gasteiger charge is -2.13. The monoisotopic (exact) mass is 273 g/mol. The molecule has 0 bridgehead atoms. The SMILES string of the molecule is NC(=O)c1cc(-c2ccn[nH]2)c(C(F)(F)F)cc1F. The molecule has 0 fully saturated rings. The van der Waals surface area contributed by atoms with Crippen LogP contribution in [-0.4, -0.2) is 16.1 Å². The molecule has 2 rings (SSSR count). The van der Waals surface area contributed by atoms with Gasteiger partial charge in [0.2, 0.25) is 0 Å². The molecule has 4 nitrogen and oxygen atoms in total. The first-order valence-electron chi connectivity index (χ1n) is 5.01. The quantitative estimate of drug-likeness (QED) is 0.824. The Kier molecular flexibility index (Phi) is 3.01. The lowest BCUT2D eigenvalue weighted by molar-refractivity contribution is -0.137. The number of primary amides is 1. The number of carbonyl (C=O) groups is 1. The van der Waals surface area contributed by atoms with Gasteiger partial charge in [-0.2, -0.15) is 18.3 Å². The van der Waals surface area contributed by atoms with Crippen molar-refractivity contribution in [3.05, 3.63) is 41.3 Å². The lowest BCUT2D eigenvalue weighted by atomic mass is 10.00. The molecule has 0 aliphatic carbocycles. The second kappa shape index (κ2) is 4.38. The minimum absolute atomic E-state index is 0.00910. The fourth-order valence-electron chi connectivity index (χ4n) is 1.63. The molecule has 0 radical (unpaired) electrons. The molecular weight excluding hydrogens is 266 g/mol. The molecule has 0 atom stereocenters. The van der Waals surface area contributed by atoms with E-state index in [-0.39, 0.29) is 17.3 Å². The summed E-state index contributed by atoms with van der Waals surface area (Å²) in [5.74, 6) is -2.46. The molecule has 1 aromatic carbocycles. The number of nitrogens with one attached hydrogen (secondary N) is 1. The number of aromatic nitrogens is 2. The van der Waals surface area contributed by atoms with Crippen molar-refractivity contribution in [2.45, 2.75) is 6.18 Å². The number of benzene rings is 1. The summed E-state index contributed by atoms with van der Waals surface area (Å²) in [5.41, 5.74) is 2.71. The smallest absolute Gasteiger partial charge is 0.366 e. The molecule has 0 saturated carbocycles. The van der Waals surface area contributed by atoms with Crippen molar-refractivity contribution in [3.8, 4) is 11.3 Å². The van der Waals surface area contributed by atoms with Gasteiger partial charge in [0, 0.05) is 11.8 Å². The molecule has 1 amide bonds. The van der Waals surface area contributed by atoms with Gasteiger partial charge in [-0.25, -0.2) is 4.39 Å². The summed E-state index contributed by atoms with van der Waals surface area (Å²) in [6.45, 7) is 0. The van der Waals surface area contributed by atoms with Crippen LogP contribution in [-0.2, 0) is 6.18 Å². The Hall–Kier alpha value is -2.38. The molecule has 100 valence electrons. The van der Waals surface area contributed by atoms with Crippen molar-refractivity contribution >= 4 is 5.91 Å². The Bertz CT molecular complexity index is 620. The fraction of sp³-hybridized carbons (Fsp3) is 0.0909. The summed E-state index contributed by atoms with van der Waals surface area (Å²) in [6.07, 6.45) is -3.53. The first-order valence-corrected chi connectivity index (χ1v) is 5.01. The maximum atomic E-state index is 13.4. The second-order valence-electron chi connectivity index (χ2n) is 3.71. The maximum Gasteiger partial charge on any atom is 0.417 e. The van der Waals surface area contributed by atoms with Crippen LogP contribution in [0.5, 0.6) is 0 Å². The minimum Gasteiger partial charge on any atom is -0.366 e. The number of hydrogen-bond acceptors (Lipinski definition) is 2. The molecule has 2 aromatic rings. The predicted octanol–water partition coefficient (Wildman–Crippen LogP) is 2.33. The van der Waals surface area contributed by atoms with E-state index < -0.39 is 29.0 Å². The largest absolute Gasteiger partial charge is 0.417 e. The van der Waals surface area contributed by atoms with Gasteiger partial charge in [0.25, 0.3) is 5.91 Å². The van der Waals surface area contributed by atoms with Crippen molar-refractivity contribution in [2.24, 2.45) is 5.73 Å². The van der Waals surface area contributed by atoms with Crippen LogP contribution < -0.4 is 5.73 Å². The summed E-state index contributed by atoms with van der Waals surface area (Å²) in [6, 6.07) is 2.28. The highest BCUT2D eigenvalue weighted by Gasteiger charge is 2.35. The molecule has 1 heterocycles. The molecule has 0 unspecified atom stereocenters. The number of nitrogens with two attached hydrogens (primary N) is 1. The number of H-pyrrole nitrogens is 1. The third kappa shape index (κ3) is 2.42. The highest BCUT2D eigenvalue weighted by atomic mass is 19.4. The predicted molar refractivity (Wildman–Crippen MR) is 57.5 cm³/mol. The van der Waals surface area contributed by atoms with Crippen molar-refractivity contribution in [2.75, 3.05) is 0 Å². The Labute approximate surface area is 104 Å². The molecule has 0 aliphatic heterocycles. The van der Waals surface area contributed by atoms with Crippen LogP contribution in [0.2, 0.25) is 0 Å². The van der Waals surface area contributed by atoms with Crippen LogP contribution in [0.1, 0.15) is 15.9 Å². The van der Waals surface area contributed by atoms with Gasteiger partial charge in [0.1, 0.15) is 5.82 Å². The van der Waals surface area contributed by atoms with Crippen molar-refractivity contribution in [3.63, 3.8) is 0 Å². The molecule has 3 N–H and O–H groups in total. The minimum atomic E-state index is -4.77. The van der Waals surface area contributed by atoms with E-state index in [4.69, 9.17) is 5.73 Å². The molecule has 19 heavy (non-hydrogen) atoms. The molecule has 1 aromatic heterocycles. The summed E-state index contributed by atoms with van der Waals surface area (Å²) in [4.78, 5) is 11.0. The number of nitrogens with zero attached hydrogens (tertiary/aromatic N) is 1. The van der Waals surface area contributed by atoms with Crippen LogP contribution in [0.4, 0.5) is 17.6 Å². The number of rotatable bonds is 2. The van der Waals surface area contributed by atoms with Crippen LogP contribution in [0, 0.1) is 5.82 Å². The molecule has 0 aliphatic rings. The van der Waals surface area contributed by atoms with E-state index in [9.17, 15) is 22.4 Å². The van der Waals surface area contributed by atoms with Gasteiger partial charge >= 0.3 is 6.18 Å². The van der Waals surface area contributed by atoms with Gasteiger partial charge in [-0.3, -0.25) is 9.89 Å². The van der Waals surface area contributed by atoms with Gasteiger partial charge < -0.3 is 5.73 Å². The van der Waals surface area contributed by atoms with Gasteiger partial charge in [0.15, 0.2) is 0 Å². The van der Waals surface area contributed by atoms with E-state index in [1.165, 1.54) is 12.3 Å². The number of amides is 1. The first kappa shape index (κ1) is 13.1. The zero-order valence-electron chi connectivity index (χ0n) is 9.25. The molecule has 8 heteroatoms. The van der Waals surface area contributed by atoms with Crippen LogP contribution in [0.15, 0.2) is 24.4 Å². The average molecular weight is 273 g/mol. The summed E-state index contributed by atoms with van der Waals surface area (Å²) in [7, 11) is 0. The topological polar surface area (TPSA) is 71.8 Å². The van der Waals surface area contributed by atoms with Crippen molar-refractivity contribution in [1.29, 1.82) is 0 Å². The van der Waals surface area contributed by atoms with Crippen LogP contribution in [0.25, 0.3) is 11.3 Å². The van der Waals surface area contributed by atoms with Gasteiger partial charge in [-0.05, 0) is 18.2 Å². The number of aromatic amines is 1. The second-order valence-corrected chi connectivity index (χ2v) is 3.71. The number of hydrogen-bond donors (Lipinski definition) is 2.